The molecule has 1 aliphatic rings. The van der Waals surface area contributed by atoms with E-state index in [9.17, 15) is 0 Å². The van der Waals surface area contributed by atoms with Crippen molar-refractivity contribution >= 4 is 28.4 Å². The minimum absolute atomic E-state index is 0.502. The average Bonchev–Trinajstić information content (AvgIpc) is 3.11. The van der Waals surface area contributed by atoms with E-state index < -0.39 is 0 Å². The third-order valence-electron chi connectivity index (χ3n) is 2.56. The lowest BCUT2D eigenvalue weighted by Crippen LogP contribution is -2.08. The Morgan fingerprint density at radius 1 is 1.44 bits per heavy atom. The van der Waals surface area contributed by atoms with Crippen LogP contribution in [-0.2, 0) is 11.3 Å². The fourth-order valence-corrected chi connectivity index (χ4v) is 2.51. The first-order chi connectivity index (χ1) is 7.76. The second-order valence-electron chi connectivity index (χ2n) is 3.85. The summed E-state index contributed by atoms with van der Waals surface area (Å²) in [6, 6.07) is 0. The molecule has 0 atom stereocenters. The van der Waals surface area contributed by atoms with Gasteiger partial charge in [-0.1, -0.05) is 0 Å². The van der Waals surface area contributed by atoms with Gasteiger partial charge in [0.05, 0.1) is 9.26 Å². The normalized spacial score (nSPS) is 15.2. The molecule has 0 aromatic carbocycles. The Balaban J connectivity index is 2.28. The van der Waals surface area contributed by atoms with Crippen LogP contribution in [-0.4, -0.2) is 23.6 Å². The minimum atomic E-state index is 0.502. The second kappa shape index (κ2) is 5.27. The summed E-state index contributed by atoms with van der Waals surface area (Å²) in [6.07, 6.45) is 2.51. The number of rotatable bonds is 5. The minimum Gasteiger partial charge on any atom is -0.374 e. The van der Waals surface area contributed by atoms with Gasteiger partial charge in [-0.3, -0.25) is 0 Å². The number of nitrogens with one attached hydrogen (secondary N) is 1. The summed E-state index contributed by atoms with van der Waals surface area (Å²) < 4.78 is 6.51. The predicted molar refractivity (Wildman–Crippen MR) is 71.6 cm³/mol. The molecule has 0 bridgehead atoms. The first-order valence-corrected chi connectivity index (χ1v) is 6.66. The Kier molecular flexibility index (Phi) is 3.96. The number of nitrogens with zero attached hydrogens (tertiary/aromatic N) is 2. The molecule has 1 saturated carbocycles. The van der Waals surface area contributed by atoms with E-state index in [-0.39, 0.29) is 0 Å². The predicted octanol–water partition coefficient (Wildman–Crippen LogP) is 2.54. The Hall–Kier alpha value is -0.430. The van der Waals surface area contributed by atoms with E-state index in [0.29, 0.717) is 19.1 Å². The van der Waals surface area contributed by atoms with Crippen LogP contribution in [0.25, 0.3) is 0 Å². The first kappa shape index (κ1) is 12.0. The summed E-state index contributed by atoms with van der Waals surface area (Å²) in [5.74, 6) is 2.35. The molecular formula is C11H16IN3O. The van der Waals surface area contributed by atoms with Crippen molar-refractivity contribution < 1.29 is 4.74 Å². The fraction of sp³-hybridized carbons (Fsp3) is 0.636. The topological polar surface area (TPSA) is 47.0 Å². The SMILES string of the molecule is CCOCc1nc(NC)c(I)c(C2CC2)n1. The summed E-state index contributed by atoms with van der Waals surface area (Å²) >= 11 is 2.32. The van der Waals surface area contributed by atoms with E-state index in [2.05, 4.69) is 37.9 Å². The summed E-state index contributed by atoms with van der Waals surface area (Å²) in [4.78, 5) is 9.04. The maximum atomic E-state index is 5.36. The van der Waals surface area contributed by atoms with Crippen molar-refractivity contribution in [1.29, 1.82) is 0 Å². The van der Waals surface area contributed by atoms with Gasteiger partial charge < -0.3 is 10.1 Å². The molecule has 0 radical (unpaired) electrons. The Morgan fingerprint density at radius 3 is 2.75 bits per heavy atom. The van der Waals surface area contributed by atoms with Crippen LogP contribution >= 0.6 is 22.6 Å². The van der Waals surface area contributed by atoms with Crippen molar-refractivity contribution in [3.05, 3.63) is 15.1 Å². The Morgan fingerprint density at radius 2 is 2.19 bits per heavy atom. The summed E-state index contributed by atoms with van der Waals surface area (Å²) in [7, 11) is 1.89. The van der Waals surface area contributed by atoms with E-state index in [1.807, 2.05) is 14.0 Å². The van der Waals surface area contributed by atoms with Crippen molar-refractivity contribution in [3.63, 3.8) is 0 Å². The van der Waals surface area contributed by atoms with Gasteiger partial charge in [-0.25, -0.2) is 9.97 Å². The van der Waals surface area contributed by atoms with E-state index in [4.69, 9.17) is 4.74 Å². The second-order valence-corrected chi connectivity index (χ2v) is 4.93. The van der Waals surface area contributed by atoms with Crippen LogP contribution in [0.1, 0.15) is 37.2 Å². The number of hydrogen-bond donors (Lipinski definition) is 1. The van der Waals surface area contributed by atoms with Gasteiger partial charge in [0.1, 0.15) is 12.4 Å². The Labute approximate surface area is 109 Å². The highest BCUT2D eigenvalue weighted by atomic mass is 127. The molecule has 5 heteroatoms. The third kappa shape index (κ3) is 2.63. The fourth-order valence-electron chi connectivity index (χ4n) is 1.56. The largest absolute Gasteiger partial charge is 0.374 e. The molecule has 1 aliphatic carbocycles. The van der Waals surface area contributed by atoms with Gasteiger partial charge in [-0.05, 0) is 42.4 Å². The van der Waals surface area contributed by atoms with Crippen LogP contribution < -0.4 is 5.32 Å². The third-order valence-corrected chi connectivity index (χ3v) is 3.62. The van der Waals surface area contributed by atoms with Crippen molar-refractivity contribution in [2.45, 2.75) is 32.3 Å². The van der Waals surface area contributed by atoms with E-state index in [1.54, 1.807) is 0 Å². The molecule has 88 valence electrons. The molecule has 4 nitrogen and oxygen atoms in total. The van der Waals surface area contributed by atoms with Crippen LogP contribution in [0.5, 0.6) is 0 Å². The van der Waals surface area contributed by atoms with Gasteiger partial charge >= 0.3 is 0 Å². The highest BCUT2D eigenvalue weighted by Gasteiger charge is 2.29. The molecule has 0 aliphatic heterocycles. The molecule has 1 fully saturated rings. The molecule has 0 unspecified atom stereocenters. The zero-order valence-corrected chi connectivity index (χ0v) is 11.7. The highest BCUT2D eigenvalue weighted by Crippen LogP contribution is 2.42. The van der Waals surface area contributed by atoms with Crippen molar-refractivity contribution in [2.75, 3.05) is 19.0 Å². The zero-order valence-electron chi connectivity index (χ0n) is 9.59. The van der Waals surface area contributed by atoms with E-state index in [0.717, 1.165) is 15.2 Å². The number of anilines is 1. The van der Waals surface area contributed by atoms with Crippen molar-refractivity contribution in [2.24, 2.45) is 0 Å². The lowest BCUT2D eigenvalue weighted by Gasteiger charge is -2.10. The number of halogens is 1. The van der Waals surface area contributed by atoms with Crippen LogP contribution in [0, 0.1) is 3.57 Å². The number of aromatic nitrogens is 2. The summed E-state index contributed by atoms with van der Waals surface area (Å²) in [5, 5.41) is 3.12. The maximum absolute atomic E-state index is 5.36. The lowest BCUT2D eigenvalue weighted by molar-refractivity contribution is 0.128. The smallest absolute Gasteiger partial charge is 0.156 e. The standard InChI is InChI=1S/C11H16IN3O/c1-3-16-6-8-14-10(7-4-5-7)9(12)11(13-2)15-8/h7H,3-6H2,1-2H3,(H,13,14,15). The van der Waals surface area contributed by atoms with Gasteiger partial charge in [0.15, 0.2) is 5.82 Å². The monoisotopic (exact) mass is 333 g/mol. The number of ether oxygens (including phenoxy) is 1. The van der Waals surface area contributed by atoms with Crippen molar-refractivity contribution in [1.82, 2.24) is 9.97 Å². The molecule has 16 heavy (non-hydrogen) atoms. The van der Waals surface area contributed by atoms with Gasteiger partial charge in [0, 0.05) is 19.6 Å². The maximum Gasteiger partial charge on any atom is 0.156 e. The molecule has 0 saturated heterocycles. The molecule has 2 rings (SSSR count). The Bertz CT molecular complexity index is 380. The quantitative estimate of drug-likeness (QED) is 0.842. The van der Waals surface area contributed by atoms with Crippen LogP contribution in [0.2, 0.25) is 0 Å². The van der Waals surface area contributed by atoms with Gasteiger partial charge in [0.25, 0.3) is 0 Å². The first-order valence-electron chi connectivity index (χ1n) is 5.58. The number of hydrogen-bond acceptors (Lipinski definition) is 4. The molecular weight excluding hydrogens is 317 g/mol. The van der Waals surface area contributed by atoms with Gasteiger partial charge in [-0.2, -0.15) is 0 Å². The van der Waals surface area contributed by atoms with Crippen LogP contribution in [0.4, 0.5) is 5.82 Å². The highest BCUT2D eigenvalue weighted by molar-refractivity contribution is 14.1. The zero-order chi connectivity index (χ0) is 11.5. The lowest BCUT2D eigenvalue weighted by atomic mass is 10.2. The molecule has 0 amide bonds. The summed E-state index contributed by atoms with van der Waals surface area (Å²) in [5.41, 5.74) is 1.19. The van der Waals surface area contributed by atoms with E-state index in [1.165, 1.54) is 18.5 Å². The van der Waals surface area contributed by atoms with Crippen molar-refractivity contribution in [3.8, 4) is 0 Å². The molecule has 1 aromatic rings. The average molecular weight is 333 g/mol. The molecule has 1 aromatic heterocycles. The summed E-state index contributed by atoms with van der Waals surface area (Å²) in [6.45, 7) is 3.18. The van der Waals surface area contributed by atoms with Gasteiger partial charge in [0.2, 0.25) is 0 Å². The van der Waals surface area contributed by atoms with Crippen LogP contribution in [0.15, 0.2) is 0 Å². The molecule has 1 N–H and O–H groups in total. The molecule has 0 spiro atoms. The van der Waals surface area contributed by atoms with Crippen LogP contribution in [0.3, 0.4) is 0 Å². The van der Waals surface area contributed by atoms with Gasteiger partial charge in [-0.15, -0.1) is 0 Å². The van der Waals surface area contributed by atoms with E-state index >= 15 is 0 Å². The molecule has 1 heterocycles.